The van der Waals surface area contributed by atoms with E-state index in [9.17, 15) is 10.2 Å². The first kappa shape index (κ1) is 26.9. The summed E-state index contributed by atoms with van der Waals surface area (Å²) in [4.78, 5) is 0. The van der Waals surface area contributed by atoms with Crippen molar-refractivity contribution in [3.05, 3.63) is 119 Å². The molecule has 0 heterocycles. The molecule has 0 aromatic heterocycles. The van der Waals surface area contributed by atoms with Gasteiger partial charge in [0.25, 0.3) is 0 Å². The second-order valence-electron chi connectivity index (χ2n) is 9.63. The van der Waals surface area contributed by atoms with Gasteiger partial charge >= 0.3 is 0 Å². The predicted octanol–water partition coefficient (Wildman–Crippen LogP) is 7.72. The molecule has 4 nitrogen and oxygen atoms in total. The lowest BCUT2D eigenvalue weighted by Crippen LogP contribution is -2.05. The average molecular weight is 604 g/mol. The Morgan fingerprint density at radius 1 is 0.537 bits per heavy atom. The van der Waals surface area contributed by atoms with E-state index in [0.29, 0.717) is 11.5 Å². The maximum Gasteiger partial charge on any atom is 0.128 e. The van der Waals surface area contributed by atoms with Crippen molar-refractivity contribution in [1.29, 1.82) is 0 Å². The fraction of sp³-hybridized carbons (Fsp3) is 0.111. The average Bonchev–Trinajstić information content (AvgIpc) is 3.01. The first-order valence-corrected chi connectivity index (χ1v) is 14.2. The lowest BCUT2D eigenvalue weighted by atomic mass is 9.91. The van der Waals surface area contributed by atoms with E-state index >= 15 is 0 Å². The molecular formula is C36H27BrO4. The smallest absolute Gasteiger partial charge is 0.128 e. The number of halogens is 1. The molecule has 6 rings (SSSR count). The number of fused-ring (bicyclic) bond motifs is 3. The summed E-state index contributed by atoms with van der Waals surface area (Å²) in [6.07, 6.45) is 0. The highest BCUT2D eigenvalue weighted by molar-refractivity contribution is 9.10. The van der Waals surface area contributed by atoms with Crippen LogP contribution >= 0.6 is 15.9 Å². The van der Waals surface area contributed by atoms with Crippen molar-refractivity contribution in [2.45, 2.75) is 0 Å². The maximum atomic E-state index is 9.53. The fourth-order valence-corrected chi connectivity index (χ4v) is 5.53. The number of hydrogen-bond donors (Lipinski definition) is 2. The molecule has 0 fully saturated rings. The molecule has 0 aliphatic carbocycles. The number of aliphatic hydroxyl groups is 2. The van der Waals surface area contributed by atoms with E-state index in [-0.39, 0.29) is 26.4 Å². The van der Waals surface area contributed by atoms with E-state index in [1.807, 2.05) is 54.6 Å². The van der Waals surface area contributed by atoms with E-state index in [1.165, 1.54) is 10.8 Å². The van der Waals surface area contributed by atoms with E-state index in [2.05, 4.69) is 76.3 Å². The number of hydrogen-bond acceptors (Lipinski definition) is 4. The van der Waals surface area contributed by atoms with E-state index < -0.39 is 0 Å². The zero-order valence-corrected chi connectivity index (χ0v) is 23.8. The van der Waals surface area contributed by atoms with Gasteiger partial charge in [-0.1, -0.05) is 82.4 Å². The summed E-state index contributed by atoms with van der Waals surface area (Å²) in [5, 5.41) is 25.4. The van der Waals surface area contributed by atoms with Gasteiger partial charge in [-0.05, 0) is 80.8 Å². The number of rotatable bonds is 7. The van der Waals surface area contributed by atoms with Crippen LogP contribution in [0.25, 0.3) is 43.4 Å². The van der Waals surface area contributed by atoms with Crippen LogP contribution in [0.3, 0.4) is 0 Å². The Labute approximate surface area is 246 Å². The van der Waals surface area contributed by atoms with Gasteiger partial charge in [-0.25, -0.2) is 0 Å². The molecule has 5 heteroatoms. The lowest BCUT2D eigenvalue weighted by molar-refractivity contribution is 0.200. The van der Waals surface area contributed by atoms with Gasteiger partial charge in [0.2, 0.25) is 0 Å². The third-order valence-electron chi connectivity index (χ3n) is 6.97. The molecule has 6 aromatic rings. The predicted molar refractivity (Wildman–Crippen MR) is 170 cm³/mol. The minimum atomic E-state index is -0.100. The van der Waals surface area contributed by atoms with Gasteiger partial charge in [0.15, 0.2) is 0 Å². The van der Waals surface area contributed by atoms with Crippen LogP contribution in [0.15, 0.2) is 108 Å². The normalized spacial score (nSPS) is 11.0. The molecule has 202 valence electrons. The standard InChI is InChI=1S/C36H27BrO4/c37-30-12-14-32-29(23-30)11-16-34(41-20-18-39)36(32)35-31-13-8-25(22-28(31)10-15-33(35)40-19-17-38)6-5-24-7-9-26-3-1-2-4-27(26)21-24/h1-4,7-16,21-23,38-39H,17-20H2. The summed E-state index contributed by atoms with van der Waals surface area (Å²) in [5.41, 5.74) is 3.60. The number of ether oxygens (including phenoxy) is 2. The third kappa shape index (κ3) is 5.64. The number of aliphatic hydroxyl groups excluding tert-OH is 2. The summed E-state index contributed by atoms with van der Waals surface area (Å²) in [5.74, 6) is 7.94. The van der Waals surface area contributed by atoms with Gasteiger partial charge in [0, 0.05) is 26.7 Å². The Morgan fingerprint density at radius 2 is 1.05 bits per heavy atom. The van der Waals surface area contributed by atoms with Crippen LogP contribution in [-0.4, -0.2) is 36.6 Å². The van der Waals surface area contributed by atoms with Gasteiger partial charge in [0.05, 0.1) is 13.2 Å². The molecule has 0 saturated carbocycles. The van der Waals surface area contributed by atoms with Crippen LogP contribution in [0.4, 0.5) is 0 Å². The van der Waals surface area contributed by atoms with Crippen LogP contribution in [0.1, 0.15) is 11.1 Å². The summed E-state index contributed by atoms with van der Waals surface area (Å²) in [7, 11) is 0. The summed E-state index contributed by atoms with van der Waals surface area (Å²) in [6, 6.07) is 34.7. The van der Waals surface area contributed by atoms with Crippen LogP contribution in [0.2, 0.25) is 0 Å². The molecule has 0 aliphatic rings. The molecule has 0 unspecified atom stereocenters. The van der Waals surface area contributed by atoms with Gasteiger partial charge in [-0.3, -0.25) is 0 Å². The Hall–Kier alpha value is -4.34. The molecule has 0 radical (unpaired) electrons. The van der Waals surface area contributed by atoms with E-state index in [0.717, 1.165) is 48.3 Å². The first-order chi connectivity index (χ1) is 20.1. The Balaban J connectivity index is 1.51. The minimum absolute atomic E-state index is 0.0968. The van der Waals surface area contributed by atoms with Crippen molar-refractivity contribution in [1.82, 2.24) is 0 Å². The highest BCUT2D eigenvalue weighted by atomic mass is 79.9. The lowest BCUT2D eigenvalue weighted by Gasteiger charge is -2.19. The SMILES string of the molecule is OCCOc1ccc2cc(Br)ccc2c1-c1c(OCCO)ccc2cc(C#Cc3ccc4ccccc4c3)ccc12. The van der Waals surface area contributed by atoms with Gasteiger partial charge in [-0.2, -0.15) is 0 Å². The second-order valence-corrected chi connectivity index (χ2v) is 10.6. The topological polar surface area (TPSA) is 58.9 Å². The maximum absolute atomic E-state index is 9.53. The van der Waals surface area contributed by atoms with Crippen molar-refractivity contribution < 1.29 is 19.7 Å². The van der Waals surface area contributed by atoms with Crippen molar-refractivity contribution in [3.8, 4) is 34.5 Å². The molecule has 41 heavy (non-hydrogen) atoms. The Morgan fingerprint density at radius 3 is 1.68 bits per heavy atom. The fourth-order valence-electron chi connectivity index (χ4n) is 5.15. The molecule has 0 bridgehead atoms. The van der Waals surface area contributed by atoms with Crippen LogP contribution in [-0.2, 0) is 0 Å². The Bertz CT molecular complexity index is 1950. The molecular weight excluding hydrogens is 576 g/mol. The molecule has 6 aromatic carbocycles. The van der Waals surface area contributed by atoms with Crippen molar-refractivity contribution in [2.75, 3.05) is 26.4 Å². The largest absolute Gasteiger partial charge is 0.491 e. The molecule has 0 aliphatic heterocycles. The zero-order chi connectivity index (χ0) is 28.2. The van der Waals surface area contributed by atoms with Crippen LogP contribution < -0.4 is 9.47 Å². The molecule has 0 amide bonds. The molecule has 0 atom stereocenters. The van der Waals surface area contributed by atoms with E-state index in [4.69, 9.17) is 9.47 Å². The quantitative estimate of drug-likeness (QED) is 0.184. The highest BCUT2D eigenvalue weighted by Gasteiger charge is 2.19. The molecule has 0 spiro atoms. The van der Waals surface area contributed by atoms with Gasteiger partial charge in [-0.15, -0.1) is 0 Å². The Kier molecular flexibility index (Phi) is 7.89. The number of benzene rings is 6. The van der Waals surface area contributed by atoms with Crippen LogP contribution in [0.5, 0.6) is 11.5 Å². The summed E-state index contributed by atoms with van der Waals surface area (Å²) in [6.45, 7) is 0.135. The molecule has 0 saturated heterocycles. The van der Waals surface area contributed by atoms with Crippen LogP contribution in [0, 0.1) is 11.8 Å². The third-order valence-corrected chi connectivity index (χ3v) is 7.47. The monoisotopic (exact) mass is 602 g/mol. The second kappa shape index (κ2) is 12.0. The van der Waals surface area contributed by atoms with E-state index in [1.54, 1.807) is 0 Å². The van der Waals surface area contributed by atoms with Crippen molar-refractivity contribution >= 4 is 48.2 Å². The minimum Gasteiger partial charge on any atom is -0.491 e. The first-order valence-electron chi connectivity index (χ1n) is 13.4. The summed E-state index contributed by atoms with van der Waals surface area (Å²) < 4.78 is 13.1. The van der Waals surface area contributed by atoms with Crippen molar-refractivity contribution in [3.63, 3.8) is 0 Å². The van der Waals surface area contributed by atoms with Gasteiger partial charge < -0.3 is 19.7 Å². The zero-order valence-electron chi connectivity index (χ0n) is 22.2. The van der Waals surface area contributed by atoms with Crippen molar-refractivity contribution in [2.24, 2.45) is 0 Å². The van der Waals surface area contributed by atoms with Gasteiger partial charge in [0.1, 0.15) is 24.7 Å². The summed E-state index contributed by atoms with van der Waals surface area (Å²) >= 11 is 3.58. The molecule has 2 N–H and O–H groups in total. The highest BCUT2D eigenvalue weighted by Crippen LogP contribution is 2.46.